The molecule has 1 aliphatic carbocycles. The van der Waals surface area contributed by atoms with Gasteiger partial charge in [0.25, 0.3) is 5.91 Å². The van der Waals surface area contributed by atoms with Crippen LogP contribution in [-0.4, -0.2) is 64.4 Å². The number of esters is 1. The second-order valence-corrected chi connectivity index (χ2v) is 13.8. The van der Waals surface area contributed by atoms with Crippen LogP contribution in [0.4, 0.5) is 8.78 Å². The summed E-state index contributed by atoms with van der Waals surface area (Å²) >= 11 is 12.9. The lowest BCUT2D eigenvalue weighted by Gasteiger charge is -2.27. The third kappa shape index (κ3) is 8.97. The van der Waals surface area contributed by atoms with Gasteiger partial charge in [0.1, 0.15) is 22.2 Å². The number of H-pyrrole nitrogens is 1. The SMILES string of the molecule is COc1ccc(C(=O)N2CCC[C@H]2C(=O)O[C@@H](Cc2c(Cl)c[nH+]cc2Cl)c2ccc(OC(F)F)c(OCC3CC3)c2)cc1OS(C)(=O)=O. The molecule has 11 nitrogen and oxygen atoms in total. The van der Waals surface area contributed by atoms with E-state index in [0.717, 1.165) is 19.1 Å². The highest BCUT2D eigenvalue weighted by Gasteiger charge is 2.38. The van der Waals surface area contributed by atoms with Crippen molar-refractivity contribution in [2.45, 2.75) is 50.9 Å². The number of benzene rings is 2. The predicted octanol–water partition coefficient (Wildman–Crippen LogP) is 5.68. The fourth-order valence-corrected chi connectivity index (χ4v) is 6.27. The molecule has 1 saturated carbocycles. The van der Waals surface area contributed by atoms with E-state index in [4.69, 9.17) is 41.6 Å². The van der Waals surface area contributed by atoms with Crippen molar-refractivity contribution in [2.75, 3.05) is 26.5 Å². The molecule has 1 N–H and O–H groups in total. The van der Waals surface area contributed by atoms with Gasteiger partial charge in [0.15, 0.2) is 35.4 Å². The molecule has 258 valence electrons. The summed E-state index contributed by atoms with van der Waals surface area (Å²) in [7, 11) is -2.61. The Morgan fingerprint density at radius 2 is 1.71 bits per heavy atom. The number of nitrogens with one attached hydrogen (secondary N) is 1. The van der Waals surface area contributed by atoms with E-state index in [1.807, 2.05) is 0 Å². The van der Waals surface area contributed by atoms with Crippen LogP contribution in [-0.2, 0) is 26.1 Å². The number of pyridine rings is 1. The fraction of sp³-hybridized carbons (Fsp3) is 0.406. The Balaban J connectivity index is 1.43. The van der Waals surface area contributed by atoms with Gasteiger partial charge in [-0.15, -0.1) is 0 Å². The van der Waals surface area contributed by atoms with Gasteiger partial charge in [0, 0.05) is 24.1 Å². The van der Waals surface area contributed by atoms with Crippen LogP contribution in [0.5, 0.6) is 23.0 Å². The molecule has 3 aromatic rings. The van der Waals surface area contributed by atoms with Gasteiger partial charge >= 0.3 is 22.7 Å². The van der Waals surface area contributed by atoms with E-state index < -0.39 is 40.8 Å². The topological polar surface area (TPSA) is 132 Å². The number of likely N-dealkylation sites (tertiary alicyclic amines) is 1. The summed E-state index contributed by atoms with van der Waals surface area (Å²) in [4.78, 5) is 31.7. The van der Waals surface area contributed by atoms with Crippen LogP contribution >= 0.6 is 23.2 Å². The van der Waals surface area contributed by atoms with Crippen molar-refractivity contribution in [2.24, 2.45) is 5.92 Å². The zero-order valence-corrected chi connectivity index (χ0v) is 28.2. The van der Waals surface area contributed by atoms with Crippen LogP contribution < -0.4 is 23.4 Å². The first-order valence-electron chi connectivity index (χ1n) is 15.0. The molecular weight excluding hydrogens is 697 g/mol. The molecule has 48 heavy (non-hydrogen) atoms. The van der Waals surface area contributed by atoms with E-state index in [0.29, 0.717) is 36.5 Å². The number of carbonyl (C=O) groups excluding carboxylic acids is 2. The summed E-state index contributed by atoms with van der Waals surface area (Å²) in [6, 6.07) is 7.34. The third-order valence-corrected chi connectivity index (χ3v) is 8.97. The summed E-state index contributed by atoms with van der Waals surface area (Å²) in [6.45, 7) is -2.56. The number of hydrogen-bond acceptors (Lipinski definition) is 9. The molecule has 1 aromatic heterocycles. The van der Waals surface area contributed by atoms with Gasteiger partial charge in [-0.3, -0.25) is 4.79 Å². The van der Waals surface area contributed by atoms with Gasteiger partial charge in [-0.1, -0.05) is 29.3 Å². The van der Waals surface area contributed by atoms with Crippen molar-refractivity contribution in [3.05, 3.63) is 75.5 Å². The number of amides is 1. The van der Waals surface area contributed by atoms with Gasteiger partial charge in [0.05, 0.1) is 20.0 Å². The Kier molecular flexibility index (Phi) is 11.2. The van der Waals surface area contributed by atoms with E-state index in [-0.39, 0.29) is 51.6 Å². The number of aromatic amines is 1. The van der Waals surface area contributed by atoms with Gasteiger partial charge in [0.2, 0.25) is 0 Å². The number of alkyl halides is 2. The molecule has 5 rings (SSSR count). The molecule has 2 atom stereocenters. The number of halogens is 4. The van der Waals surface area contributed by atoms with E-state index in [1.165, 1.54) is 60.8 Å². The molecule has 2 heterocycles. The molecule has 1 saturated heterocycles. The Morgan fingerprint density at radius 1 is 1.00 bits per heavy atom. The molecule has 0 radical (unpaired) electrons. The van der Waals surface area contributed by atoms with Crippen molar-refractivity contribution in [1.82, 2.24) is 4.90 Å². The van der Waals surface area contributed by atoms with Crippen molar-refractivity contribution < 1.29 is 54.9 Å². The molecule has 2 fully saturated rings. The van der Waals surface area contributed by atoms with Crippen molar-refractivity contribution in [3.63, 3.8) is 0 Å². The normalized spacial score (nSPS) is 16.8. The molecular formula is C32H33Cl2F2N2O9S+. The highest BCUT2D eigenvalue weighted by atomic mass is 35.5. The maximum Gasteiger partial charge on any atom is 0.387 e. The van der Waals surface area contributed by atoms with E-state index in [9.17, 15) is 26.8 Å². The molecule has 2 aromatic carbocycles. The number of rotatable bonds is 14. The lowest BCUT2D eigenvalue weighted by molar-refractivity contribution is -0.377. The zero-order valence-electron chi connectivity index (χ0n) is 25.9. The van der Waals surface area contributed by atoms with Crippen molar-refractivity contribution in [1.29, 1.82) is 0 Å². The molecule has 1 amide bonds. The number of ether oxygens (including phenoxy) is 4. The number of nitrogens with zero attached hydrogens (tertiary/aromatic N) is 1. The standard InChI is InChI=1S/C32H32Cl2F2N2O9S/c1-43-25-9-8-20(13-29(25)47-48(2,41)42)30(39)38-11-3-4-24(38)31(40)45-27(14-21-22(33)15-37-16-23(21)34)19-7-10-26(46-32(35)36)28(12-19)44-17-18-5-6-18/h7-10,12-13,15-16,18,24,27,32H,3-6,11,14,17H2,1-2H3/p+1/t24-,27-/m0/s1. The van der Waals surface area contributed by atoms with Gasteiger partial charge in [-0.05, 0) is 67.5 Å². The molecule has 0 unspecified atom stereocenters. The quantitative estimate of drug-likeness (QED) is 0.152. The Bertz CT molecular complexity index is 1760. The van der Waals surface area contributed by atoms with Crippen LogP contribution in [0.25, 0.3) is 0 Å². The number of aromatic nitrogens is 1. The monoisotopic (exact) mass is 729 g/mol. The lowest BCUT2D eigenvalue weighted by atomic mass is 10.0. The first-order valence-corrected chi connectivity index (χ1v) is 17.5. The molecule has 16 heteroatoms. The van der Waals surface area contributed by atoms with Crippen LogP contribution in [0.2, 0.25) is 10.0 Å². The second-order valence-electron chi connectivity index (χ2n) is 11.4. The highest BCUT2D eigenvalue weighted by molar-refractivity contribution is 7.86. The van der Waals surface area contributed by atoms with Gasteiger partial charge in [-0.25, -0.2) is 9.78 Å². The molecule has 2 aliphatic rings. The molecule has 1 aliphatic heterocycles. The number of hydrogen-bond donors (Lipinski definition) is 0. The first-order chi connectivity index (χ1) is 22.8. The molecule has 0 spiro atoms. The summed E-state index contributed by atoms with van der Waals surface area (Å²) in [5.41, 5.74) is 0.917. The van der Waals surface area contributed by atoms with Crippen molar-refractivity contribution in [3.8, 4) is 23.0 Å². The minimum absolute atomic E-state index is 0.000535. The van der Waals surface area contributed by atoms with Gasteiger partial charge in [-0.2, -0.15) is 17.2 Å². The summed E-state index contributed by atoms with van der Waals surface area (Å²) in [5, 5.41) is 0.548. The van der Waals surface area contributed by atoms with E-state index in [1.54, 1.807) is 0 Å². The van der Waals surface area contributed by atoms with Crippen LogP contribution in [0.15, 0.2) is 48.8 Å². The van der Waals surface area contributed by atoms with E-state index in [2.05, 4.69) is 9.72 Å². The maximum atomic E-state index is 13.8. The number of carbonyl (C=O) groups is 2. The average molecular weight is 731 g/mol. The summed E-state index contributed by atoms with van der Waals surface area (Å²) < 4.78 is 76.7. The lowest BCUT2D eigenvalue weighted by Crippen LogP contribution is -2.42. The number of methoxy groups -OCH3 is 1. The highest BCUT2D eigenvalue weighted by Crippen LogP contribution is 2.38. The van der Waals surface area contributed by atoms with Gasteiger partial charge < -0.3 is 28.0 Å². The van der Waals surface area contributed by atoms with E-state index >= 15 is 0 Å². The smallest absolute Gasteiger partial charge is 0.387 e. The predicted molar refractivity (Wildman–Crippen MR) is 169 cm³/mol. The summed E-state index contributed by atoms with van der Waals surface area (Å²) in [5.74, 6) is -1.17. The fourth-order valence-electron chi connectivity index (χ4n) is 5.28. The average Bonchev–Trinajstić information content (AvgIpc) is 3.73. The second kappa shape index (κ2) is 15.1. The Morgan fingerprint density at radius 3 is 2.35 bits per heavy atom. The van der Waals surface area contributed by atoms with Crippen molar-refractivity contribution >= 4 is 45.2 Å². The minimum Gasteiger partial charge on any atom is -0.493 e. The minimum atomic E-state index is -3.94. The Hall–Kier alpha value is -3.88. The first kappa shape index (κ1) is 35.4. The van der Waals surface area contributed by atoms with Crippen LogP contribution in [0.1, 0.15) is 53.3 Å². The van der Waals surface area contributed by atoms with Crippen LogP contribution in [0.3, 0.4) is 0 Å². The van der Waals surface area contributed by atoms with Crippen LogP contribution in [0, 0.1) is 5.92 Å². The summed E-state index contributed by atoms with van der Waals surface area (Å²) in [6.07, 6.45) is 5.56. The zero-order chi connectivity index (χ0) is 34.6. The molecule has 0 bridgehead atoms. The third-order valence-electron chi connectivity index (χ3n) is 7.81. The largest absolute Gasteiger partial charge is 0.493 e. The Labute approximate surface area is 286 Å². The maximum absolute atomic E-state index is 13.8.